The van der Waals surface area contributed by atoms with Crippen molar-refractivity contribution in [3.63, 3.8) is 0 Å². The molecule has 1 aromatic rings. The molecule has 0 atom stereocenters. The Bertz CT molecular complexity index is 367. The SMILES string of the molecule is Cc1ccc(OC(C)C)c(C2CCNCC2)c1. The minimum absolute atomic E-state index is 0.248. The number of piperidine rings is 1. The molecule has 1 N–H and O–H groups in total. The maximum Gasteiger partial charge on any atom is 0.123 e. The molecule has 0 spiro atoms. The Kier molecular flexibility index (Phi) is 4.06. The van der Waals surface area contributed by atoms with Gasteiger partial charge in [-0.2, -0.15) is 0 Å². The van der Waals surface area contributed by atoms with E-state index in [-0.39, 0.29) is 6.10 Å². The van der Waals surface area contributed by atoms with Gasteiger partial charge in [0.05, 0.1) is 6.10 Å². The van der Waals surface area contributed by atoms with Crippen LogP contribution in [0.4, 0.5) is 0 Å². The Hall–Kier alpha value is -1.02. The van der Waals surface area contributed by atoms with Crippen molar-refractivity contribution >= 4 is 0 Å². The molecule has 0 unspecified atom stereocenters. The Labute approximate surface area is 104 Å². The van der Waals surface area contributed by atoms with Gasteiger partial charge in [-0.15, -0.1) is 0 Å². The number of hydrogen-bond acceptors (Lipinski definition) is 2. The summed E-state index contributed by atoms with van der Waals surface area (Å²) in [5.74, 6) is 1.74. The van der Waals surface area contributed by atoms with Gasteiger partial charge in [-0.25, -0.2) is 0 Å². The molecule has 2 rings (SSSR count). The van der Waals surface area contributed by atoms with Gasteiger partial charge in [0.2, 0.25) is 0 Å². The summed E-state index contributed by atoms with van der Waals surface area (Å²) < 4.78 is 5.93. The van der Waals surface area contributed by atoms with Gasteiger partial charge in [-0.05, 0) is 64.3 Å². The number of nitrogens with one attached hydrogen (secondary N) is 1. The average Bonchev–Trinajstić information content (AvgIpc) is 2.32. The first-order chi connectivity index (χ1) is 8.16. The lowest BCUT2D eigenvalue weighted by molar-refractivity contribution is 0.237. The molecule has 0 saturated carbocycles. The predicted octanol–water partition coefficient (Wildman–Crippen LogP) is 3.25. The second-order valence-corrected chi connectivity index (χ2v) is 5.23. The molecule has 0 bridgehead atoms. The Morgan fingerprint density at radius 2 is 1.94 bits per heavy atom. The van der Waals surface area contributed by atoms with E-state index in [2.05, 4.69) is 44.3 Å². The zero-order chi connectivity index (χ0) is 12.3. The molecule has 1 aromatic carbocycles. The first-order valence-corrected chi connectivity index (χ1v) is 6.64. The summed E-state index contributed by atoms with van der Waals surface area (Å²) in [5, 5.41) is 3.42. The smallest absolute Gasteiger partial charge is 0.123 e. The van der Waals surface area contributed by atoms with Gasteiger partial charge >= 0.3 is 0 Å². The molecule has 2 heteroatoms. The maximum atomic E-state index is 5.93. The van der Waals surface area contributed by atoms with Crippen LogP contribution in [0.1, 0.15) is 43.7 Å². The number of aryl methyl sites for hydroxylation is 1. The van der Waals surface area contributed by atoms with E-state index in [1.165, 1.54) is 24.0 Å². The average molecular weight is 233 g/mol. The Morgan fingerprint density at radius 1 is 1.24 bits per heavy atom. The van der Waals surface area contributed by atoms with Gasteiger partial charge in [-0.1, -0.05) is 17.7 Å². The topological polar surface area (TPSA) is 21.3 Å². The molecule has 0 amide bonds. The second-order valence-electron chi connectivity index (χ2n) is 5.23. The predicted molar refractivity (Wildman–Crippen MR) is 71.8 cm³/mol. The van der Waals surface area contributed by atoms with Gasteiger partial charge < -0.3 is 10.1 Å². The van der Waals surface area contributed by atoms with E-state index in [4.69, 9.17) is 4.74 Å². The van der Waals surface area contributed by atoms with Crippen LogP contribution in [0.2, 0.25) is 0 Å². The van der Waals surface area contributed by atoms with Gasteiger partial charge in [0.1, 0.15) is 5.75 Å². The highest BCUT2D eigenvalue weighted by Gasteiger charge is 2.19. The van der Waals surface area contributed by atoms with Crippen LogP contribution in [-0.4, -0.2) is 19.2 Å². The summed E-state index contributed by atoms with van der Waals surface area (Å²) >= 11 is 0. The molecule has 1 fully saturated rings. The van der Waals surface area contributed by atoms with E-state index in [0.29, 0.717) is 5.92 Å². The van der Waals surface area contributed by atoms with Crippen LogP contribution >= 0.6 is 0 Å². The minimum Gasteiger partial charge on any atom is -0.491 e. The summed E-state index contributed by atoms with van der Waals surface area (Å²) in [6.45, 7) is 8.58. The summed E-state index contributed by atoms with van der Waals surface area (Å²) in [6.07, 6.45) is 2.69. The van der Waals surface area contributed by atoms with E-state index < -0.39 is 0 Å². The highest BCUT2D eigenvalue weighted by molar-refractivity contribution is 5.39. The third-order valence-corrected chi connectivity index (χ3v) is 3.31. The lowest BCUT2D eigenvalue weighted by Crippen LogP contribution is -2.27. The van der Waals surface area contributed by atoms with E-state index in [9.17, 15) is 0 Å². The highest BCUT2D eigenvalue weighted by atomic mass is 16.5. The quantitative estimate of drug-likeness (QED) is 0.865. The van der Waals surface area contributed by atoms with Gasteiger partial charge in [-0.3, -0.25) is 0 Å². The number of ether oxygens (including phenoxy) is 1. The fraction of sp³-hybridized carbons (Fsp3) is 0.600. The van der Waals surface area contributed by atoms with Crippen molar-refractivity contribution in [1.29, 1.82) is 0 Å². The van der Waals surface area contributed by atoms with E-state index >= 15 is 0 Å². The molecular formula is C15H23NO. The second kappa shape index (κ2) is 5.54. The third kappa shape index (κ3) is 3.22. The monoisotopic (exact) mass is 233 g/mol. The summed E-state index contributed by atoms with van der Waals surface area (Å²) in [6, 6.07) is 6.57. The fourth-order valence-corrected chi connectivity index (χ4v) is 2.48. The molecule has 1 aliphatic heterocycles. The van der Waals surface area contributed by atoms with Crippen LogP contribution in [0.15, 0.2) is 18.2 Å². The van der Waals surface area contributed by atoms with E-state index in [1.54, 1.807) is 0 Å². The summed E-state index contributed by atoms with van der Waals surface area (Å²) in [5.41, 5.74) is 2.73. The Balaban J connectivity index is 2.25. The summed E-state index contributed by atoms with van der Waals surface area (Å²) in [4.78, 5) is 0. The molecular weight excluding hydrogens is 210 g/mol. The fourth-order valence-electron chi connectivity index (χ4n) is 2.48. The number of rotatable bonds is 3. The molecule has 0 radical (unpaired) electrons. The highest BCUT2D eigenvalue weighted by Crippen LogP contribution is 2.33. The van der Waals surface area contributed by atoms with Crippen LogP contribution < -0.4 is 10.1 Å². The zero-order valence-electron chi connectivity index (χ0n) is 11.1. The molecule has 17 heavy (non-hydrogen) atoms. The molecule has 1 saturated heterocycles. The largest absolute Gasteiger partial charge is 0.491 e. The standard InChI is InChI=1S/C15H23NO/c1-11(2)17-15-5-4-12(3)10-14(15)13-6-8-16-9-7-13/h4-5,10-11,13,16H,6-9H2,1-3H3. The molecule has 2 nitrogen and oxygen atoms in total. The van der Waals surface area contributed by atoms with Crippen molar-refractivity contribution in [1.82, 2.24) is 5.32 Å². The van der Waals surface area contributed by atoms with Crippen LogP contribution in [-0.2, 0) is 0 Å². The van der Waals surface area contributed by atoms with Crippen molar-refractivity contribution in [2.75, 3.05) is 13.1 Å². The molecule has 1 heterocycles. The van der Waals surface area contributed by atoms with E-state index in [0.717, 1.165) is 18.8 Å². The number of hydrogen-bond donors (Lipinski definition) is 1. The van der Waals surface area contributed by atoms with Crippen LogP contribution in [0, 0.1) is 6.92 Å². The van der Waals surface area contributed by atoms with Crippen molar-refractivity contribution in [2.24, 2.45) is 0 Å². The first kappa shape index (κ1) is 12.4. The molecule has 1 aliphatic rings. The lowest BCUT2D eigenvalue weighted by atomic mass is 9.88. The van der Waals surface area contributed by atoms with Crippen molar-refractivity contribution in [3.05, 3.63) is 29.3 Å². The first-order valence-electron chi connectivity index (χ1n) is 6.64. The van der Waals surface area contributed by atoms with Gasteiger partial charge in [0.15, 0.2) is 0 Å². The minimum atomic E-state index is 0.248. The Morgan fingerprint density at radius 3 is 2.59 bits per heavy atom. The maximum absolute atomic E-state index is 5.93. The van der Waals surface area contributed by atoms with Crippen molar-refractivity contribution in [3.8, 4) is 5.75 Å². The zero-order valence-corrected chi connectivity index (χ0v) is 11.1. The van der Waals surface area contributed by atoms with Crippen LogP contribution in [0.5, 0.6) is 5.75 Å². The van der Waals surface area contributed by atoms with Crippen LogP contribution in [0.25, 0.3) is 0 Å². The lowest BCUT2D eigenvalue weighted by Gasteiger charge is -2.26. The van der Waals surface area contributed by atoms with Gasteiger partial charge in [0, 0.05) is 0 Å². The van der Waals surface area contributed by atoms with Crippen LogP contribution in [0.3, 0.4) is 0 Å². The van der Waals surface area contributed by atoms with Crippen molar-refractivity contribution < 1.29 is 4.74 Å². The summed E-state index contributed by atoms with van der Waals surface area (Å²) in [7, 11) is 0. The normalized spacial score (nSPS) is 17.4. The van der Waals surface area contributed by atoms with Gasteiger partial charge in [0.25, 0.3) is 0 Å². The molecule has 94 valence electrons. The van der Waals surface area contributed by atoms with Crippen molar-refractivity contribution in [2.45, 2.75) is 45.6 Å². The molecule has 0 aromatic heterocycles. The van der Waals surface area contributed by atoms with E-state index in [1.807, 2.05) is 0 Å². The molecule has 0 aliphatic carbocycles. The number of benzene rings is 1. The third-order valence-electron chi connectivity index (χ3n) is 3.31.